The third-order valence-electron chi connectivity index (χ3n) is 10.1. The highest BCUT2D eigenvalue weighted by atomic mass is 32.2. The zero-order chi connectivity index (χ0) is 32.1. The molecule has 240 valence electrons. The molecule has 46 heavy (non-hydrogen) atoms. The predicted octanol–water partition coefficient (Wildman–Crippen LogP) is 7.76. The number of aldehydes is 1. The number of carbonyl (C=O) groups is 2. The molecule has 9 heteroatoms. The molecular weight excluding hydrogens is 596 g/mol. The summed E-state index contributed by atoms with van der Waals surface area (Å²) in [6.45, 7) is 6.08. The molecule has 3 heterocycles. The van der Waals surface area contributed by atoms with Crippen molar-refractivity contribution in [3.8, 4) is 17.0 Å². The van der Waals surface area contributed by atoms with Crippen LogP contribution in [-0.2, 0) is 17.5 Å². The van der Waals surface area contributed by atoms with Gasteiger partial charge in [0.1, 0.15) is 16.7 Å². The van der Waals surface area contributed by atoms with Gasteiger partial charge in [0.25, 0.3) is 5.91 Å². The molecule has 0 bridgehead atoms. The summed E-state index contributed by atoms with van der Waals surface area (Å²) in [6, 6.07) is 12.4. The van der Waals surface area contributed by atoms with Gasteiger partial charge in [-0.15, -0.1) is 0 Å². The van der Waals surface area contributed by atoms with Gasteiger partial charge in [-0.05, 0) is 112 Å². The number of aryl methyl sites for hydroxylation is 1. The molecule has 0 saturated heterocycles. The van der Waals surface area contributed by atoms with Crippen LogP contribution >= 0.6 is 0 Å². The van der Waals surface area contributed by atoms with E-state index in [1.807, 2.05) is 39.0 Å². The number of hydrogen-bond donors (Lipinski definition) is 1. The van der Waals surface area contributed by atoms with Crippen LogP contribution < -0.4 is 9.46 Å². The van der Waals surface area contributed by atoms with Crippen LogP contribution in [0.3, 0.4) is 0 Å². The predicted molar refractivity (Wildman–Crippen MR) is 184 cm³/mol. The Bertz CT molecular complexity index is 1910. The monoisotopic (exact) mass is 638 g/mol. The summed E-state index contributed by atoms with van der Waals surface area (Å²) >= 11 is 0. The zero-order valence-electron chi connectivity index (χ0n) is 27.1. The Morgan fingerprint density at radius 1 is 1.04 bits per heavy atom. The van der Waals surface area contributed by atoms with Crippen LogP contribution in [0.25, 0.3) is 33.8 Å². The van der Waals surface area contributed by atoms with E-state index in [2.05, 4.69) is 38.2 Å². The van der Waals surface area contributed by atoms with Gasteiger partial charge in [-0.2, -0.15) is 5.10 Å². The third kappa shape index (κ3) is 5.22. The molecular formula is C37H42N4O4S. The maximum absolute atomic E-state index is 13.4. The second-order valence-electron chi connectivity index (χ2n) is 13.3. The van der Waals surface area contributed by atoms with E-state index in [-0.39, 0.29) is 17.2 Å². The minimum absolute atomic E-state index is 0.188. The van der Waals surface area contributed by atoms with Gasteiger partial charge in [0.15, 0.2) is 6.29 Å². The fourth-order valence-corrected chi connectivity index (χ4v) is 8.05. The maximum Gasteiger partial charge on any atom is 0.263 e. The molecule has 4 aromatic rings. The first kappa shape index (κ1) is 30.7. The molecule has 2 saturated carbocycles. The van der Waals surface area contributed by atoms with E-state index in [1.165, 1.54) is 24.8 Å². The number of nitrogens with one attached hydrogen (secondary N) is 1. The van der Waals surface area contributed by atoms with Crippen molar-refractivity contribution in [1.29, 1.82) is 0 Å². The van der Waals surface area contributed by atoms with Gasteiger partial charge in [-0.1, -0.05) is 25.3 Å². The first-order valence-corrected chi connectivity index (χ1v) is 17.8. The summed E-state index contributed by atoms with van der Waals surface area (Å²) in [6.07, 6.45) is 12.3. The number of nitrogens with zero attached hydrogens (tertiary/aromatic N) is 3. The highest BCUT2D eigenvalue weighted by Gasteiger charge is 2.33. The maximum atomic E-state index is 13.4. The van der Waals surface area contributed by atoms with E-state index in [9.17, 15) is 13.8 Å². The highest BCUT2D eigenvalue weighted by molar-refractivity contribution is 7.84. The quantitative estimate of drug-likeness (QED) is 0.199. The number of carbonyl (C=O) groups excluding carboxylic acids is 2. The van der Waals surface area contributed by atoms with Gasteiger partial charge in [-0.3, -0.25) is 19.0 Å². The Hall–Kier alpha value is -3.98. The standard InChI is InChI=1S/C37H42N4O4S/c1-22(2)46(44)39-37(43)25-13-15-31-33(19-25)40-20-27(35-32(21-42)23(3)38-41(35)28-11-8-12-28)17-26-18-29(45-4)14-16-30(26)36(40)34(31)24-9-6-5-7-10-24/h13-19,21-22,24,28H,5-12,20H2,1-4H3,(H,39,43). The lowest BCUT2D eigenvalue weighted by Crippen LogP contribution is -2.30. The summed E-state index contributed by atoms with van der Waals surface area (Å²) in [5, 5.41) is 5.86. The normalized spacial score (nSPS) is 17.5. The number of rotatable bonds is 8. The van der Waals surface area contributed by atoms with Crippen molar-refractivity contribution in [2.24, 2.45) is 0 Å². The topological polar surface area (TPSA) is 95.2 Å². The molecule has 0 radical (unpaired) electrons. The van der Waals surface area contributed by atoms with Gasteiger partial charge in [0.05, 0.1) is 42.3 Å². The number of hydrogen-bond acceptors (Lipinski definition) is 5. The Morgan fingerprint density at radius 2 is 1.83 bits per heavy atom. The van der Waals surface area contributed by atoms with Crippen LogP contribution in [0, 0.1) is 6.92 Å². The van der Waals surface area contributed by atoms with E-state index < -0.39 is 11.0 Å². The molecule has 1 N–H and O–H groups in total. The molecule has 2 aromatic carbocycles. The molecule has 8 nitrogen and oxygen atoms in total. The number of benzene rings is 2. The van der Waals surface area contributed by atoms with Crippen LogP contribution in [0.15, 0.2) is 36.4 Å². The number of fused-ring (bicyclic) bond motifs is 5. The summed E-state index contributed by atoms with van der Waals surface area (Å²) in [5.41, 5.74) is 9.33. The van der Waals surface area contributed by atoms with Crippen LogP contribution in [-0.4, -0.2) is 43.1 Å². The molecule has 1 atom stereocenters. The van der Waals surface area contributed by atoms with Crippen LogP contribution in [0.1, 0.15) is 120 Å². The average molecular weight is 639 g/mol. The van der Waals surface area contributed by atoms with E-state index >= 15 is 0 Å². The lowest BCUT2D eigenvalue weighted by molar-refractivity contribution is 0.0982. The van der Waals surface area contributed by atoms with E-state index in [4.69, 9.17) is 9.84 Å². The summed E-state index contributed by atoms with van der Waals surface area (Å²) < 4.78 is 25.4. The number of methoxy groups -OCH3 is 1. The molecule has 2 fully saturated rings. The second kappa shape index (κ2) is 12.3. The fraction of sp³-hybridized carbons (Fsp3) is 0.432. The highest BCUT2D eigenvalue weighted by Crippen LogP contribution is 2.48. The molecule has 1 unspecified atom stereocenters. The van der Waals surface area contributed by atoms with Crippen LogP contribution in [0.2, 0.25) is 0 Å². The van der Waals surface area contributed by atoms with Crippen molar-refractivity contribution in [3.05, 3.63) is 70.0 Å². The molecule has 7 rings (SSSR count). The Morgan fingerprint density at radius 3 is 2.50 bits per heavy atom. The van der Waals surface area contributed by atoms with E-state index in [1.54, 1.807) is 7.11 Å². The van der Waals surface area contributed by atoms with Crippen LogP contribution in [0.5, 0.6) is 5.75 Å². The number of ether oxygens (including phenoxy) is 1. The number of allylic oxidation sites excluding steroid dienone is 1. The molecule has 1 aliphatic heterocycles. The molecule has 3 aliphatic rings. The summed E-state index contributed by atoms with van der Waals surface area (Å²) in [4.78, 5) is 26.0. The van der Waals surface area contributed by atoms with Crippen molar-refractivity contribution < 1.29 is 18.5 Å². The average Bonchev–Trinajstić information content (AvgIpc) is 3.46. The van der Waals surface area contributed by atoms with Gasteiger partial charge >= 0.3 is 0 Å². The third-order valence-corrected chi connectivity index (χ3v) is 11.4. The minimum atomic E-state index is -1.48. The van der Waals surface area contributed by atoms with Crippen molar-refractivity contribution in [2.75, 3.05) is 7.11 Å². The fourth-order valence-electron chi connectivity index (χ4n) is 7.51. The smallest absolute Gasteiger partial charge is 0.263 e. The van der Waals surface area contributed by atoms with Crippen molar-refractivity contribution in [1.82, 2.24) is 19.1 Å². The van der Waals surface area contributed by atoms with Gasteiger partial charge < -0.3 is 9.30 Å². The lowest BCUT2D eigenvalue weighted by Gasteiger charge is -2.28. The SMILES string of the molecule is COc1ccc2c(c1)C=C(c1c(C=O)c(C)nn1C1CCC1)Cn1c-2c(C2CCCCC2)c2ccc(C(=O)NS(=O)C(C)C)cc21. The second-order valence-corrected chi connectivity index (χ2v) is 15.1. The van der Waals surface area contributed by atoms with Crippen molar-refractivity contribution >= 4 is 45.7 Å². The minimum Gasteiger partial charge on any atom is -0.497 e. The Labute approximate surface area is 272 Å². The largest absolute Gasteiger partial charge is 0.497 e. The van der Waals surface area contributed by atoms with Gasteiger partial charge in [-0.25, -0.2) is 4.21 Å². The summed E-state index contributed by atoms with van der Waals surface area (Å²) in [5.74, 6) is 0.820. The Balaban J connectivity index is 1.49. The molecule has 1 amide bonds. The van der Waals surface area contributed by atoms with Gasteiger partial charge in [0, 0.05) is 27.3 Å². The van der Waals surface area contributed by atoms with Crippen molar-refractivity contribution in [3.63, 3.8) is 0 Å². The number of aromatic nitrogens is 3. The Kier molecular flexibility index (Phi) is 8.21. The van der Waals surface area contributed by atoms with Crippen molar-refractivity contribution in [2.45, 2.75) is 95.9 Å². The molecule has 2 aromatic heterocycles. The number of amides is 1. The first-order chi connectivity index (χ1) is 22.3. The van der Waals surface area contributed by atoms with Crippen LogP contribution in [0.4, 0.5) is 0 Å². The van der Waals surface area contributed by atoms with Gasteiger partial charge in [0.2, 0.25) is 0 Å². The van der Waals surface area contributed by atoms with E-state index in [0.717, 1.165) is 88.8 Å². The zero-order valence-corrected chi connectivity index (χ0v) is 27.9. The lowest BCUT2D eigenvalue weighted by atomic mass is 9.81. The molecule has 2 aliphatic carbocycles. The first-order valence-electron chi connectivity index (χ1n) is 16.6. The molecule has 0 spiro atoms. The van der Waals surface area contributed by atoms with E-state index in [0.29, 0.717) is 23.6 Å². The summed E-state index contributed by atoms with van der Waals surface area (Å²) in [7, 11) is 0.209.